The van der Waals surface area contributed by atoms with Gasteiger partial charge in [-0.05, 0) is 17.7 Å². The number of pyridine rings is 1. The molecule has 0 radical (unpaired) electrons. The van der Waals surface area contributed by atoms with Gasteiger partial charge >= 0.3 is 0 Å². The number of amidine groups is 1. The van der Waals surface area contributed by atoms with Crippen LogP contribution in [0, 0.1) is 5.82 Å². The number of rotatable bonds is 4. The van der Waals surface area contributed by atoms with Crippen molar-refractivity contribution in [1.29, 1.82) is 0 Å². The second-order valence-electron chi connectivity index (χ2n) is 4.23. The maximum Gasteiger partial charge on any atom is 0.270 e. The van der Waals surface area contributed by atoms with Gasteiger partial charge in [-0.2, -0.15) is 0 Å². The summed E-state index contributed by atoms with van der Waals surface area (Å²) in [5.41, 5.74) is 7.00. The minimum absolute atomic E-state index is 0.0149. The second kappa shape index (κ2) is 6.47. The predicted molar refractivity (Wildman–Crippen MR) is 74.3 cm³/mol. The van der Waals surface area contributed by atoms with E-state index < -0.39 is 11.7 Å². The van der Waals surface area contributed by atoms with Crippen LogP contribution in [0.4, 0.5) is 4.39 Å². The summed E-state index contributed by atoms with van der Waals surface area (Å²) < 4.78 is 12.7. The van der Waals surface area contributed by atoms with E-state index in [9.17, 15) is 9.18 Å². The molecule has 108 valence electrons. The Balaban J connectivity index is 1.96. The largest absolute Gasteiger partial charge is 0.409 e. The molecular formula is C14H13FN4O2. The maximum absolute atomic E-state index is 12.7. The van der Waals surface area contributed by atoms with Crippen LogP contribution in [0.25, 0.3) is 0 Å². The summed E-state index contributed by atoms with van der Waals surface area (Å²) >= 11 is 0. The molecule has 0 aliphatic rings. The van der Waals surface area contributed by atoms with Crippen molar-refractivity contribution in [3.05, 3.63) is 65.2 Å². The fourth-order valence-corrected chi connectivity index (χ4v) is 1.63. The SMILES string of the molecule is N/C(=N/O)c1ccc(CNC(=O)c2ccc(F)cn2)cc1. The number of hydrogen-bond acceptors (Lipinski definition) is 4. The number of carbonyl (C=O) groups excluding carboxylic acids is 1. The highest BCUT2D eigenvalue weighted by atomic mass is 19.1. The highest BCUT2D eigenvalue weighted by Crippen LogP contribution is 2.05. The van der Waals surface area contributed by atoms with Gasteiger partial charge in [0.2, 0.25) is 0 Å². The van der Waals surface area contributed by atoms with E-state index in [1.165, 1.54) is 12.1 Å². The van der Waals surface area contributed by atoms with E-state index in [4.69, 9.17) is 10.9 Å². The van der Waals surface area contributed by atoms with E-state index in [1.807, 2.05) is 0 Å². The lowest BCUT2D eigenvalue weighted by Crippen LogP contribution is -2.23. The van der Waals surface area contributed by atoms with Crippen LogP contribution < -0.4 is 11.1 Å². The number of nitrogens with zero attached hydrogens (tertiary/aromatic N) is 2. The summed E-state index contributed by atoms with van der Waals surface area (Å²) in [7, 11) is 0. The Morgan fingerprint density at radius 3 is 2.57 bits per heavy atom. The highest BCUT2D eigenvalue weighted by Gasteiger charge is 2.07. The van der Waals surface area contributed by atoms with Crippen molar-refractivity contribution in [3.63, 3.8) is 0 Å². The highest BCUT2D eigenvalue weighted by molar-refractivity contribution is 5.97. The maximum atomic E-state index is 12.7. The first-order valence-corrected chi connectivity index (χ1v) is 6.07. The first-order chi connectivity index (χ1) is 10.1. The number of amides is 1. The van der Waals surface area contributed by atoms with Gasteiger partial charge in [0.15, 0.2) is 5.84 Å². The third kappa shape index (κ3) is 3.75. The van der Waals surface area contributed by atoms with E-state index in [-0.39, 0.29) is 18.1 Å². The quantitative estimate of drug-likeness (QED) is 0.341. The average Bonchev–Trinajstić information content (AvgIpc) is 2.53. The molecule has 0 fully saturated rings. The third-order valence-corrected chi connectivity index (χ3v) is 2.77. The van der Waals surface area contributed by atoms with Crippen molar-refractivity contribution in [2.24, 2.45) is 10.9 Å². The lowest BCUT2D eigenvalue weighted by Gasteiger charge is -2.06. The summed E-state index contributed by atoms with van der Waals surface area (Å²) in [5.74, 6) is -0.873. The van der Waals surface area contributed by atoms with Crippen LogP contribution in [0.15, 0.2) is 47.8 Å². The summed E-state index contributed by atoms with van der Waals surface area (Å²) in [6.45, 7) is 0.286. The molecule has 0 spiro atoms. The molecule has 0 atom stereocenters. The van der Waals surface area contributed by atoms with Gasteiger partial charge in [0.25, 0.3) is 5.91 Å². The molecule has 0 aliphatic carbocycles. The van der Waals surface area contributed by atoms with Crippen LogP contribution in [0.1, 0.15) is 21.6 Å². The molecule has 2 aromatic rings. The molecule has 0 saturated carbocycles. The Morgan fingerprint density at radius 1 is 1.29 bits per heavy atom. The Hall–Kier alpha value is -2.96. The van der Waals surface area contributed by atoms with E-state index in [1.54, 1.807) is 24.3 Å². The number of nitrogens with one attached hydrogen (secondary N) is 1. The Morgan fingerprint density at radius 2 is 2.00 bits per heavy atom. The lowest BCUT2D eigenvalue weighted by molar-refractivity contribution is 0.0946. The molecule has 2 rings (SSSR count). The molecule has 1 heterocycles. The van der Waals surface area contributed by atoms with Crippen molar-refractivity contribution in [1.82, 2.24) is 10.3 Å². The number of aromatic nitrogens is 1. The second-order valence-corrected chi connectivity index (χ2v) is 4.23. The van der Waals surface area contributed by atoms with Gasteiger partial charge in [0.1, 0.15) is 11.5 Å². The van der Waals surface area contributed by atoms with Crippen molar-refractivity contribution in [2.75, 3.05) is 0 Å². The molecule has 0 bridgehead atoms. The standard InChI is InChI=1S/C14H13FN4O2/c15-11-5-6-12(17-8-11)14(20)18-7-9-1-3-10(4-2-9)13(16)19-21/h1-6,8,21H,7H2,(H2,16,19)(H,18,20). The van der Waals surface area contributed by atoms with Crippen LogP contribution in [0.2, 0.25) is 0 Å². The van der Waals surface area contributed by atoms with Crippen molar-refractivity contribution in [2.45, 2.75) is 6.54 Å². The third-order valence-electron chi connectivity index (χ3n) is 2.77. The van der Waals surface area contributed by atoms with Crippen molar-refractivity contribution >= 4 is 11.7 Å². The normalized spacial score (nSPS) is 11.2. The zero-order valence-corrected chi connectivity index (χ0v) is 11.0. The first-order valence-electron chi connectivity index (χ1n) is 6.07. The Bertz CT molecular complexity index is 654. The van der Waals surface area contributed by atoms with Gasteiger partial charge in [-0.15, -0.1) is 0 Å². The van der Waals surface area contributed by atoms with Gasteiger partial charge in [-0.3, -0.25) is 4.79 Å². The van der Waals surface area contributed by atoms with Crippen LogP contribution in [0.3, 0.4) is 0 Å². The smallest absolute Gasteiger partial charge is 0.270 e. The summed E-state index contributed by atoms with van der Waals surface area (Å²) in [4.78, 5) is 15.5. The van der Waals surface area contributed by atoms with Crippen LogP contribution in [-0.4, -0.2) is 21.9 Å². The van der Waals surface area contributed by atoms with Crippen molar-refractivity contribution < 1.29 is 14.4 Å². The topological polar surface area (TPSA) is 101 Å². The summed E-state index contributed by atoms with van der Waals surface area (Å²) in [5, 5.41) is 14.1. The van der Waals surface area contributed by atoms with Gasteiger partial charge in [0.05, 0.1) is 6.20 Å². The first kappa shape index (κ1) is 14.4. The zero-order chi connectivity index (χ0) is 15.2. The number of halogens is 1. The van der Waals surface area contributed by atoms with Gasteiger partial charge < -0.3 is 16.3 Å². The minimum Gasteiger partial charge on any atom is -0.409 e. The van der Waals surface area contributed by atoms with E-state index in [0.29, 0.717) is 5.56 Å². The summed E-state index contributed by atoms with van der Waals surface area (Å²) in [6, 6.07) is 9.32. The predicted octanol–water partition coefficient (Wildman–Crippen LogP) is 1.25. The molecule has 7 heteroatoms. The van der Waals surface area contributed by atoms with E-state index >= 15 is 0 Å². The zero-order valence-electron chi connectivity index (χ0n) is 11.0. The molecule has 0 aliphatic heterocycles. The number of nitrogens with two attached hydrogens (primary N) is 1. The van der Waals surface area contributed by atoms with E-state index in [0.717, 1.165) is 11.8 Å². The fourth-order valence-electron chi connectivity index (χ4n) is 1.63. The molecule has 6 nitrogen and oxygen atoms in total. The van der Waals surface area contributed by atoms with Crippen LogP contribution in [-0.2, 0) is 6.54 Å². The van der Waals surface area contributed by atoms with Gasteiger partial charge in [0, 0.05) is 12.1 Å². The van der Waals surface area contributed by atoms with Gasteiger partial charge in [-0.1, -0.05) is 29.4 Å². The molecule has 0 saturated heterocycles. The number of hydrogen-bond donors (Lipinski definition) is 3. The molecule has 1 aromatic carbocycles. The summed E-state index contributed by atoms with van der Waals surface area (Å²) in [6.07, 6.45) is 0.987. The average molecular weight is 288 g/mol. The molecule has 1 aromatic heterocycles. The van der Waals surface area contributed by atoms with Crippen LogP contribution >= 0.6 is 0 Å². The van der Waals surface area contributed by atoms with Gasteiger partial charge in [-0.25, -0.2) is 9.37 Å². The number of oxime groups is 1. The number of carbonyl (C=O) groups is 1. The molecular weight excluding hydrogens is 275 g/mol. The molecule has 0 unspecified atom stereocenters. The Labute approximate surface area is 120 Å². The molecule has 4 N–H and O–H groups in total. The number of benzene rings is 1. The molecule has 1 amide bonds. The Kier molecular flexibility index (Phi) is 4.45. The van der Waals surface area contributed by atoms with Crippen LogP contribution in [0.5, 0.6) is 0 Å². The molecule has 21 heavy (non-hydrogen) atoms. The minimum atomic E-state index is -0.495. The fraction of sp³-hybridized carbons (Fsp3) is 0.0714. The monoisotopic (exact) mass is 288 g/mol. The van der Waals surface area contributed by atoms with E-state index in [2.05, 4.69) is 15.5 Å². The van der Waals surface area contributed by atoms with Crippen molar-refractivity contribution in [3.8, 4) is 0 Å². The lowest BCUT2D eigenvalue weighted by atomic mass is 10.1.